The average molecular weight is 411 g/mol. The molecule has 7 heteroatoms. The van der Waals surface area contributed by atoms with Crippen LogP contribution in [-0.2, 0) is 14.8 Å². The highest BCUT2D eigenvalue weighted by atomic mass is 32.2. The molecule has 1 aromatic rings. The van der Waals surface area contributed by atoms with Crippen LogP contribution in [0.4, 0.5) is 0 Å². The zero-order valence-corrected chi connectivity index (χ0v) is 18.7. The Morgan fingerprint density at radius 3 is 2.36 bits per heavy atom. The highest BCUT2D eigenvalue weighted by Gasteiger charge is 2.34. The Bertz CT molecular complexity index is 789. The van der Waals surface area contributed by atoms with E-state index in [-0.39, 0.29) is 28.1 Å². The van der Waals surface area contributed by atoms with Crippen molar-refractivity contribution in [2.45, 2.75) is 58.3 Å². The number of carbonyl (C=O) groups is 1. The number of sulfonamides is 1. The molecular formula is C21H34N2O4S. The number of nitrogens with one attached hydrogen (secondary N) is 1. The fourth-order valence-corrected chi connectivity index (χ4v) is 4.91. The summed E-state index contributed by atoms with van der Waals surface area (Å²) >= 11 is 0. The molecule has 0 radical (unpaired) electrons. The lowest BCUT2D eigenvalue weighted by Crippen LogP contribution is -2.44. The highest BCUT2D eigenvalue weighted by Crippen LogP contribution is 2.32. The van der Waals surface area contributed by atoms with Crippen molar-refractivity contribution < 1.29 is 17.9 Å². The largest absolute Gasteiger partial charge is 0.495 e. The van der Waals surface area contributed by atoms with E-state index in [1.54, 1.807) is 12.1 Å². The Labute approximate surface area is 169 Å². The lowest BCUT2D eigenvalue weighted by Gasteiger charge is -2.31. The van der Waals surface area contributed by atoms with E-state index in [1.165, 1.54) is 11.4 Å². The molecule has 0 saturated carbocycles. The molecule has 2 rings (SSSR count). The number of hydrogen-bond donors (Lipinski definition) is 1. The molecule has 1 N–H and O–H groups in total. The Morgan fingerprint density at radius 1 is 1.25 bits per heavy atom. The maximum absolute atomic E-state index is 13.2. The van der Waals surface area contributed by atoms with E-state index >= 15 is 0 Å². The van der Waals surface area contributed by atoms with Gasteiger partial charge in [0.05, 0.1) is 7.11 Å². The summed E-state index contributed by atoms with van der Waals surface area (Å²) in [5, 5.41) is 2.99. The monoisotopic (exact) mass is 410 g/mol. The second-order valence-electron chi connectivity index (χ2n) is 9.02. The number of benzene rings is 1. The van der Waals surface area contributed by atoms with Crippen LogP contribution in [0.15, 0.2) is 23.1 Å². The van der Waals surface area contributed by atoms with Gasteiger partial charge in [0, 0.05) is 25.6 Å². The zero-order chi connectivity index (χ0) is 21.1. The molecule has 1 fully saturated rings. The van der Waals surface area contributed by atoms with Crippen LogP contribution in [0.1, 0.15) is 58.9 Å². The second kappa shape index (κ2) is 8.82. The molecule has 1 aliphatic heterocycles. The van der Waals surface area contributed by atoms with Gasteiger partial charge in [-0.05, 0) is 41.9 Å². The van der Waals surface area contributed by atoms with Crippen molar-refractivity contribution in [3.05, 3.63) is 23.8 Å². The summed E-state index contributed by atoms with van der Waals surface area (Å²) in [6.45, 7) is 11.6. The van der Waals surface area contributed by atoms with Crippen molar-refractivity contribution >= 4 is 15.9 Å². The van der Waals surface area contributed by atoms with Crippen molar-refractivity contribution in [3.63, 3.8) is 0 Å². The number of piperidine rings is 1. The van der Waals surface area contributed by atoms with Gasteiger partial charge in [-0.3, -0.25) is 4.79 Å². The second-order valence-corrected chi connectivity index (χ2v) is 10.9. The molecule has 1 aliphatic rings. The third-order valence-electron chi connectivity index (χ3n) is 5.09. The van der Waals surface area contributed by atoms with E-state index in [4.69, 9.17) is 4.74 Å². The smallest absolute Gasteiger partial charge is 0.246 e. The summed E-state index contributed by atoms with van der Waals surface area (Å²) in [6.07, 6.45) is 1.06. The number of amides is 1. The minimum Gasteiger partial charge on any atom is -0.495 e. The van der Waals surface area contributed by atoms with Gasteiger partial charge in [-0.2, -0.15) is 4.31 Å². The van der Waals surface area contributed by atoms with Crippen LogP contribution < -0.4 is 10.1 Å². The van der Waals surface area contributed by atoms with Gasteiger partial charge in [0.1, 0.15) is 10.6 Å². The maximum Gasteiger partial charge on any atom is 0.246 e. The van der Waals surface area contributed by atoms with Crippen molar-refractivity contribution in [2.24, 2.45) is 11.3 Å². The van der Waals surface area contributed by atoms with E-state index in [0.29, 0.717) is 38.2 Å². The van der Waals surface area contributed by atoms with Crippen molar-refractivity contribution in [2.75, 3.05) is 26.7 Å². The number of rotatable bonds is 6. The van der Waals surface area contributed by atoms with Crippen LogP contribution in [0.3, 0.4) is 0 Å². The standard InChI is InChI=1S/C21H34N2O4S/c1-15(2)17-7-8-18(27-6)19(13-17)28(25,26)23-11-9-16(10-12-23)20(24)22-14-21(3,4)5/h7-8,13,15-16H,9-12,14H2,1-6H3,(H,22,24). The average Bonchev–Trinajstić information content (AvgIpc) is 2.65. The van der Waals surface area contributed by atoms with E-state index in [0.717, 1.165) is 5.56 Å². The maximum atomic E-state index is 13.2. The molecule has 6 nitrogen and oxygen atoms in total. The van der Waals surface area contributed by atoms with Gasteiger partial charge in [-0.25, -0.2) is 8.42 Å². The van der Waals surface area contributed by atoms with Gasteiger partial charge < -0.3 is 10.1 Å². The van der Waals surface area contributed by atoms with Crippen molar-refractivity contribution in [1.82, 2.24) is 9.62 Å². The Balaban J connectivity index is 2.11. The van der Waals surface area contributed by atoms with Gasteiger partial charge in [-0.1, -0.05) is 40.7 Å². The molecule has 28 heavy (non-hydrogen) atoms. The Kier molecular flexibility index (Phi) is 7.15. The third kappa shape index (κ3) is 5.47. The molecule has 0 aromatic heterocycles. The molecular weight excluding hydrogens is 376 g/mol. The van der Waals surface area contributed by atoms with Gasteiger partial charge in [-0.15, -0.1) is 0 Å². The molecule has 0 aliphatic carbocycles. The van der Waals surface area contributed by atoms with E-state index < -0.39 is 10.0 Å². The Hall–Kier alpha value is -1.60. The first-order valence-corrected chi connectivity index (χ1v) is 11.4. The van der Waals surface area contributed by atoms with Gasteiger partial charge in [0.2, 0.25) is 15.9 Å². The summed E-state index contributed by atoms with van der Waals surface area (Å²) < 4.78 is 33.2. The molecule has 1 heterocycles. The van der Waals surface area contributed by atoms with Crippen LogP contribution >= 0.6 is 0 Å². The van der Waals surface area contributed by atoms with Crippen LogP contribution in [-0.4, -0.2) is 45.4 Å². The lowest BCUT2D eigenvalue weighted by molar-refractivity contribution is -0.126. The molecule has 1 saturated heterocycles. The van der Waals surface area contributed by atoms with Gasteiger partial charge in [0.25, 0.3) is 0 Å². The summed E-state index contributed by atoms with van der Waals surface area (Å²) in [6, 6.07) is 5.32. The molecule has 158 valence electrons. The lowest BCUT2D eigenvalue weighted by atomic mass is 9.94. The fourth-order valence-electron chi connectivity index (χ4n) is 3.25. The summed E-state index contributed by atoms with van der Waals surface area (Å²) in [5.41, 5.74) is 0.980. The first kappa shape index (κ1) is 22.7. The van der Waals surface area contributed by atoms with Crippen LogP contribution in [0.5, 0.6) is 5.75 Å². The number of methoxy groups -OCH3 is 1. The molecule has 0 bridgehead atoms. The number of nitrogens with zero attached hydrogens (tertiary/aromatic N) is 1. The Morgan fingerprint density at radius 2 is 1.86 bits per heavy atom. The predicted octanol–water partition coefficient (Wildman–Crippen LogP) is 3.38. The third-order valence-corrected chi connectivity index (χ3v) is 7.01. The first-order chi connectivity index (χ1) is 13.0. The van der Waals surface area contributed by atoms with E-state index in [1.807, 2.05) is 19.9 Å². The van der Waals surface area contributed by atoms with E-state index in [2.05, 4.69) is 26.1 Å². The summed E-state index contributed by atoms with van der Waals surface area (Å²) in [4.78, 5) is 12.6. The minimum atomic E-state index is -3.67. The van der Waals surface area contributed by atoms with Gasteiger partial charge >= 0.3 is 0 Å². The van der Waals surface area contributed by atoms with E-state index in [9.17, 15) is 13.2 Å². The zero-order valence-electron chi connectivity index (χ0n) is 17.9. The number of ether oxygens (including phenoxy) is 1. The first-order valence-electron chi connectivity index (χ1n) is 9.91. The molecule has 0 spiro atoms. The summed E-state index contributed by atoms with van der Waals surface area (Å²) in [5.74, 6) is 0.454. The quantitative estimate of drug-likeness (QED) is 0.780. The summed E-state index contributed by atoms with van der Waals surface area (Å²) in [7, 11) is -2.19. The van der Waals surface area contributed by atoms with Crippen molar-refractivity contribution in [1.29, 1.82) is 0 Å². The number of carbonyl (C=O) groups excluding carboxylic acids is 1. The van der Waals surface area contributed by atoms with Gasteiger partial charge in [0.15, 0.2) is 0 Å². The SMILES string of the molecule is COc1ccc(C(C)C)cc1S(=O)(=O)N1CCC(C(=O)NCC(C)(C)C)CC1. The van der Waals surface area contributed by atoms with Crippen molar-refractivity contribution in [3.8, 4) is 5.75 Å². The van der Waals surface area contributed by atoms with Crippen LogP contribution in [0.2, 0.25) is 0 Å². The molecule has 0 unspecified atom stereocenters. The fraction of sp³-hybridized carbons (Fsp3) is 0.667. The molecule has 1 aromatic carbocycles. The number of hydrogen-bond acceptors (Lipinski definition) is 4. The van der Waals surface area contributed by atoms with Crippen LogP contribution in [0, 0.1) is 11.3 Å². The predicted molar refractivity (Wildman–Crippen MR) is 111 cm³/mol. The topological polar surface area (TPSA) is 75.7 Å². The molecule has 1 amide bonds. The minimum absolute atomic E-state index is 0.0198. The molecule has 0 atom stereocenters. The van der Waals surface area contributed by atoms with Crippen LogP contribution in [0.25, 0.3) is 0 Å². The highest BCUT2D eigenvalue weighted by molar-refractivity contribution is 7.89. The normalized spacial score (nSPS) is 17.0.